The van der Waals surface area contributed by atoms with E-state index in [1.54, 1.807) is 6.92 Å². The van der Waals surface area contributed by atoms with Gasteiger partial charge in [-0.25, -0.2) is 10.1 Å². The number of amides is 1. The van der Waals surface area contributed by atoms with Crippen LogP contribution in [0.4, 0.5) is 10.1 Å². The molecule has 10 nitrogen and oxygen atoms in total. The Hall–Kier alpha value is -3.11. The number of aromatic nitrogens is 4. The standard InChI is InChI=1S/C11H12FN7O3/c1-2-18-11(12)8(4-15-18)3-13-16-10(20)7-17-6-9(5-14-17)19(21)22/h3-6H,2,7H2,1H3,(H,16,20). The van der Waals surface area contributed by atoms with Gasteiger partial charge in [0.1, 0.15) is 18.9 Å². The molecule has 1 amide bonds. The van der Waals surface area contributed by atoms with Gasteiger partial charge in [-0.2, -0.15) is 19.7 Å². The number of rotatable bonds is 6. The van der Waals surface area contributed by atoms with Crippen LogP contribution in [0.25, 0.3) is 0 Å². The number of nitrogens with zero attached hydrogens (tertiary/aromatic N) is 6. The fourth-order valence-electron chi connectivity index (χ4n) is 1.58. The zero-order valence-corrected chi connectivity index (χ0v) is 11.5. The fraction of sp³-hybridized carbons (Fsp3) is 0.273. The molecule has 0 saturated heterocycles. The third kappa shape index (κ3) is 3.50. The van der Waals surface area contributed by atoms with Crippen molar-refractivity contribution in [1.82, 2.24) is 25.0 Å². The zero-order valence-electron chi connectivity index (χ0n) is 11.5. The van der Waals surface area contributed by atoms with E-state index in [4.69, 9.17) is 0 Å². The third-order valence-corrected chi connectivity index (χ3v) is 2.63. The highest BCUT2D eigenvalue weighted by Crippen LogP contribution is 2.07. The summed E-state index contributed by atoms with van der Waals surface area (Å²) in [4.78, 5) is 21.4. The van der Waals surface area contributed by atoms with Gasteiger partial charge in [0.25, 0.3) is 5.91 Å². The molecule has 2 aromatic rings. The lowest BCUT2D eigenvalue weighted by Gasteiger charge is -1.99. The molecular weight excluding hydrogens is 297 g/mol. The van der Waals surface area contributed by atoms with Gasteiger partial charge < -0.3 is 0 Å². The van der Waals surface area contributed by atoms with Crippen LogP contribution in [-0.4, -0.2) is 36.6 Å². The van der Waals surface area contributed by atoms with Crippen LogP contribution in [0.2, 0.25) is 0 Å². The molecule has 0 spiro atoms. The van der Waals surface area contributed by atoms with E-state index >= 15 is 0 Å². The monoisotopic (exact) mass is 309 g/mol. The average Bonchev–Trinajstić information content (AvgIpc) is 3.07. The number of hydrogen-bond acceptors (Lipinski definition) is 6. The second-order valence-electron chi connectivity index (χ2n) is 4.15. The number of carbonyl (C=O) groups excluding carboxylic acids is 1. The maximum atomic E-state index is 13.6. The van der Waals surface area contributed by atoms with Crippen molar-refractivity contribution in [3.8, 4) is 0 Å². The molecule has 0 aromatic carbocycles. The van der Waals surface area contributed by atoms with Gasteiger partial charge in [-0.3, -0.25) is 19.6 Å². The lowest BCUT2D eigenvalue weighted by Crippen LogP contribution is -2.23. The smallest absolute Gasteiger partial charge is 0.271 e. The van der Waals surface area contributed by atoms with Gasteiger partial charge in [0.05, 0.1) is 22.9 Å². The summed E-state index contributed by atoms with van der Waals surface area (Å²) in [5, 5.41) is 21.5. The maximum Gasteiger partial charge on any atom is 0.307 e. The number of hydrogen-bond donors (Lipinski definition) is 1. The Morgan fingerprint density at radius 2 is 2.32 bits per heavy atom. The summed E-state index contributed by atoms with van der Waals surface area (Å²) in [5.74, 6) is -1.11. The maximum absolute atomic E-state index is 13.6. The van der Waals surface area contributed by atoms with Crippen molar-refractivity contribution in [3.05, 3.63) is 40.2 Å². The number of nitrogens with one attached hydrogen (secondary N) is 1. The van der Waals surface area contributed by atoms with Crippen LogP contribution in [0.15, 0.2) is 23.7 Å². The first-order valence-electron chi connectivity index (χ1n) is 6.21. The van der Waals surface area contributed by atoms with Gasteiger partial charge in [-0.15, -0.1) is 0 Å². The summed E-state index contributed by atoms with van der Waals surface area (Å²) in [6, 6.07) is 0. The Labute approximate surface area is 123 Å². The fourth-order valence-corrected chi connectivity index (χ4v) is 1.58. The highest BCUT2D eigenvalue weighted by molar-refractivity contribution is 5.82. The highest BCUT2D eigenvalue weighted by atomic mass is 19.1. The highest BCUT2D eigenvalue weighted by Gasteiger charge is 2.11. The van der Waals surface area contributed by atoms with Gasteiger partial charge in [-0.05, 0) is 6.92 Å². The quantitative estimate of drug-likeness (QED) is 0.467. The first-order valence-corrected chi connectivity index (χ1v) is 6.21. The average molecular weight is 309 g/mol. The molecule has 0 aliphatic rings. The summed E-state index contributed by atoms with van der Waals surface area (Å²) in [7, 11) is 0. The van der Waals surface area contributed by atoms with Crippen LogP contribution >= 0.6 is 0 Å². The van der Waals surface area contributed by atoms with E-state index in [2.05, 4.69) is 20.7 Å². The van der Waals surface area contributed by atoms with E-state index < -0.39 is 16.8 Å². The molecule has 1 N–H and O–H groups in total. The molecule has 11 heteroatoms. The molecule has 0 bridgehead atoms. The van der Waals surface area contributed by atoms with Gasteiger partial charge in [0.15, 0.2) is 0 Å². The number of halogens is 1. The van der Waals surface area contributed by atoms with Gasteiger partial charge >= 0.3 is 5.69 Å². The molecule has 0 unspecified atom stereocenters. The van der Waals surface area contributed by atoms with E-state index in [1.807, 2.05) is 0 Å². The second kappa shape index (κ2) is 6.56. The van der Waals surface area contributed by atoms with E-state index in [9.17, 15) is 19.3 Å². The normalized spacial score (nSPS) is 11.0. The molecule has 2 rings (SSSR count). The lowest BCUT2D eigenvalue weighted by atomic mass is 10.4. The first kappa shape index (κ1) is 15.3. The van der Waals surface area contributed by atoms with Crippen LogP contribution in [0.1, 0.15) is 12.5 Å². The van der Waals surface area contributed by atoms with Crippen molar-refractivity contribution >= 4 is 17.8 Å². The second-order valence-corrected chi connectivity index (χ2v) is 4.15. The molecule has 0 aliphatic heterocycles. The first-order chi connectivity index (χ1) is 10.5. The molecule has 22 heavy (non-hydrogen) atoms. The molecule has 116 valence electrons. The largest absolute Gasteiger partial charge is 0.307 e. The predicted octanol–water partition coefficient (Wildman–Crippen LogP) is 0.297. The summed E-state index contributed by atoms with van der Waals surface area (Å²) >= 11 is 0. The van der Waals surface area contributed by atoms with Crippen molar-refractivity contribution < 1.29 is 14.1 Å². The predicted molar refractivity (Wildman–Crippen MR) is 72.5 cm³/mol. The van der Waals surface area contributed by atoms with Crippen molar-refractivity contribution in [1.29, 1.82) is 0 Å². The van der Waals surface area contributed by atoms with Crippen molar-refractivity contribution in [2.45, 2.75) is 20.0 Å². The van der Waals surface area contributed by atoms with Crippen molar-refractivity contribution in [3.63, 3.8) is 0 Å². The Morgan fingerprint density at radius 3 is 2.91 bits per heavy atom. The molecule has 0 radical (unpaired) electrons. The van der Waals surface area contributed by atoms with E-state index in [0.29, 0.717) is 6.54 Å². The number of aryl methyl sites for hydroxylation is 1. The minimum absolute atomic E-state index is 0.136. The minimum atomic E-state index is -0.617. The van der Waals surface area contributed by atoms with Gasteiger partial charge in [0.2, 0.25) is 5.95 Å². The third-order valence-electron chi connectivity index (χ3n) is 2.63. The number of hydrazone groups is 1. The van der Waals surface area contributed by atoms with Crippen LogP contribution in [0.5, 0.6) is 0 Å². The topological polar surface area (TPSA) is 120 Å². The molecule has 0 saturated carbocycles. The van der Waals surface area contributed by atoms with Crippen LogP contribution < -0.4 is 5.43 Å². The molecule has 0 aliphatic carbocycles. The van der Waals surface area contributed by atoms with Crippen LogP contribution in [0, 0.1) is 16.1 Å². The van der Waals surface area contributed by atoms with Crippen LogP contribution in [-0.2, 0) is 17.9 Å². The Morgan fingerprint density at radius 1 is 1.55 bits per heavy atom. The summed E-state index contributed by atoms with van der Waals surface area (Å²) in [6.45, 7) is 1.87. The van der Waals surface area contributed by atoms with Gasteiger partial charge in [0, 0.05) is 6.54 Å². The van der Waals surface area contributed by atoms with Crippen LogP contribution in [0.3, 0.4) is 0 Å². The van der Waals surface area contributed by atoms with E-state index in [-0.39, 0.29) is 17.8 Å². The van der Waals surface area contributed by atoms with Crippen molar-refractivity contribution in [2.24, 2.45) is 5.10 Å². The van der Waals surface area contributed by atoms with Gasteiger partial charge in [-0.1, -0.05) is 0 Å². The Bertz CT molecular complexity index is 721. The molecular formula is C11H12FN7O3. The Balaban J connectivity index is 1.90. The van der Waals surface area contributed by atoms with Crippen molar-refractivity contribution in [2.75, 3.05) is 0 Å². The summed E-state index contributed by atoms with van der Waals surface area (Å²) < 4.78 is 15.8. The summed E-state index contributed by atoms with van der Waals surface area (Å²) in [6.07, 6.45) is 4.56. The SMILES string of the molecule is CCn1ncc(C=NNC(=O)Cn2cc([N+](=O)[O-])cn2)c1F. The Kier molecular flexibility index (Phi) is 4.56. The van der Waals surface area contributed by atoms with E-state index in [0.717, 1.165) is 28.0 Å². The zero-order chi connectivity index (χ0) is 16.1. The minimum Gasteiger partial charge on any atom is -0.271 e. The molecule has 0 atom stereocenters. The summed E-state index contributed by atoms with van der Waals surface area (Å²) in [5.41, 5.74) is 2.09. The van der Waals surface area contributed by atoms with E-state index in [1.165, 1.54) is 6.20 Å². The molecule has 2 aromatic heterocycles. The number of nitro groups is 1. The molecule has 0 fully saturated rings. The lowest BCUT2D eigenvalue weighted by molar-refractivity contribution is -0.385. The number of carbonyl (C=O) groups is 1. The molecule has 2 heterocycles.